The monoisotopic (exact) mass is 521 g/mol. The molecule has 7 atom stereocenters. The van der Waals surface area contributed by atoms with Gasteiger partial charge in [-0.1, -0.05) is 47.6 Å². The molecule has 0 aromatic heterocycles. The Kier molecular flexibility index (Phi) is 4.97. The molecule has 0 radical (unpaired) electrons. The SMILES string of the molecule is [3H]c1cc(O[Si](C)(C)C(C)(C)C)c2c3c1C[C@@H]1[C@@H]4C([3H])C([3H])[C@H](O[Si](C)(C)C(C)(C)C)[C@H](O2)[C@]34CCN1C. The summed E-state index contributed by atoms with van der Waals surface area (Å²) in [7, 11) is -2.29. The highest BCUT2D eigenvalue weighted by atomic mass is 28.4. The Balaban J connectivity index is 1.71. The number of likely N-dealkylation sites (tertiary alicyclic amines) is 1. The van der Waals surface area contributed by atoms with E-state index in [9.17, 15) is 2.74 Å². The molecule has 2 bridgehead atoms. The minimum atomic E-state index is -2.25. The fraction of sp³-hybridized carbons (Fsp3) is 0.793. The second-order valence-corrected chi connectivity index (χ2v) is 24.0. The lowest BCUT2D eigenvalue weighted by Crippen LogP contribution is -2.67. The number of rotatable bonds is 4. The van der Waals surface area contributed by atoms with Crippen molar-refractivity contribution in [3.05, 3.63) is 23.2 Å². The Bertz CT molecular complexity index is 1130. The van der Waals surface area contributed by atoms with Gasteiger partial charge in [0.1, 0.15) is 11.9 Å². The van der Waals surface area contributed by atoms with E-state index < -0.39 is 40.9 Å². The number of hydrogen-bond donors (Lipinski definition) is 0. The molecular weight excluding hydrogens is 466 g/mol. The third-order valence-electron chi connectivity index (χ3n) is 10.4. The second kappa shape index (κ2) is 7.84. The van der Waals surface area contributed by atoms with Gasteiger partial charge in [-0.25, -0.2) is 0 Å². The summed E-state index contributed by atoms with van der Waals surface area (Å²) in [5, 5.41) is -0.00260. The lowest BCUT2D eigenvalue weighted by Gasteiger charge is -2.59. The molecule has 5 rings (SSSR count). The van der Waals surface area contributed by atoms with Crippen LogP contribution >= 0.6 is 0 Å². The predicted molar refractivity (Wildman–Crippen MR) is 150 cm³/mol. The van der Waals surface area contributed by atoms with Crippen LogP contribution in [0.4, 0.5) is 0 Å². The van der Waals surface area contributed by atoms with Gasteiger partial charge < -0.3 is 18.5 Å². The minimum absolute atomic E-state index is 0.00910. The van der Waals surface area contributed by atoms with E-state index >= 15 is 0 Å². The van der Waals surface area contributed by atoms with Crippen LogP contribution in [0.5, 0.6) is 11.5 Å². The molecule has 6 heteroatoms. The van der Waals surface area contributed by atoms with Crippen LogP contribution < -0.4 is 9.16 Å². The molecule has 2 aliphatic carbocycles. The van der Waals surface area contributed by atoms with Crippen molar-refractivity contribution in [2.75, 3.05) is 13.6 Å². The fourth-order valence-electron chi connectivity index (χ4n) is 6.23. The molecule has 2 unspecified atom stereocenters. The average molecular weight is 522 g/mol. The van der Waals surface area contributed by atoms with E-state index in [4.69, 9.17) is 15.0 Å². The predicted octanol–water partition coefficient (Wildman–Crippen LogP) is 7.13. The zero-order chi connectivity index (χ0) is 28.4. The van der Waals surface area contributed by atoms with Crippen LogP contribution in [0.2, 0.25) is 36.3 Å². The maximum Gasteiger partial charge on any atom is 0.250 e. The summed E-state index contributed by atoms with van der Waals surface area (Å²) in [6, 6.07) is 2.55. The van der Waals surface area contributed by atoms with Crippen molar-refractivity contribution >= 4 is 16.6 Å². The summed E-state index contributed by atoms with van der Waals surface area (Å²) in [6.07, 6.45) is -0.479. The molecule has 0 amide bonds. The smallest absolute Gasteiger partial charge is 0.250 e. The van der Waals surface area contributed by atoms with Gasteiger partial charge in [0.05, 0.1) is 7.47 Å². The van der Waals surface area contributed by atoms with Gasteiger partial charge in [-0.15, -0.1) is 0 Å². The van der Waals surface area contributed by atoms with Gasteiger partial charge in [-0.05, 0) is 93.0 Å². The van der Waals surface area contributed by atoms with Crippen molar-refractivity contribution in [1.82, 2.24) is 4.90 Å². The van der Waals surface area contributed by atoms with Crippen LogP contribution in [0.3, 0.4) is 0 Å². The third-order valence-corrected chi connectivity index (χ3v) is 19.2. The molecule has 0 N–H and O–H groups in total. The first kappa shape index (κ1) is 22.2. The molecule has 35 heavy (non-hydrogen) atoms. The molecule has 1 aromatic rings. The summed E-state index contributed by atoms with van der Waals surface area (Å²) in [5.74, 6) is 1.45. The third kappa shape index (κ3) is 3.71. The zero-order valence-corrected chi connectivity index (χ0v) is 25.8. The van der Waals surface area contributed by atoms with Gasteiger partial charge in [0, 0.05) is 19.8 Å². The highest BCUT2D eigenvalue weighted by molar-refractivity contribution is 6.75. The van der Waals surface area contributed by atoms with Gasteiger partial charge in [0.15, 0.2) is 14.1 Å². The normalized spacial score (nSPS) is 38.2. The van der Waals surface area contributed by atoms with E-state index in [-0.39, 0.29) is 28.1 Å². The first-order valence-electron chi connectivity index (χ1n) is 15.2. The van der Waals surface area contributed by atoms with Crippen LogP contribution in [0.1, 0.15) is 76.0 Å². The van der Waals surface area contributed by atoms with Crippen molar-refractivity contribution in [2.45, 2.75) is 127 Å². The standard InChI is InChI=1S/C29H49NO3Si2/c1-27(2,3)34(8,9)32-22-14-12-19-18-21-20-13-15-23(33-35(10,11)28(4,5)6)26-29(20,16-17-30(21)7)24(19)25(22)31-26/h12,14,20-21,23,26H,13,15-18H2,1-11H3/t20-,21+,23-,26-,29-/m0/s1/i12T,13T,15T/t13?,15?,20-,21+,23-,26-,29-. The molecule has 196 valence electrons. The van der Waals surface area contributed by atoms with Crippen LogP contribution in [-0.4, -0.2) is 53.4 Å². The molecule has 4 aliphatic rings. The lowest BCUT2D eigenvalue weighted by molar-refractivity contribution is -0.0947. The number of hydrogen-bond acceptors (Lipinski definition) is 4. The van der Waals surface area contributed by atoms with Crippen molar-refractivity contribution in [2.24, 2.45) is 5.92 Å². The molecule has 4 nitrogen and oxygen atoms in total. The zero-order valence-electron chi connectivity index (χ0n) is 26.8. The van der Waals surface area contributed by atoms with Crippen molar-refractivity contribution in [3.63, 3.8) is 0 Å². The molecular formula is C29H49NO3Si2. The number of benzene rings is 1. The van der Waals surface area contributed by atoms with Crippen molar-refractivity contribution in [3.8, 4) is 11.5 Å². The second-order valence-electron chi connectivity index (χ2n) is 14.5. The van der Waals surface area contributed by atoms with Crippen molar-refractivity contribution in [1.29, 1.82) is 0 Å². The summed E-state index contributed by atoms with van der Waals surface area (Å²) in [6.45, 7) is 23.2. The summed E-state index contributed by atoms with van der Waals surface area (Å²) in [4.78, 5) is 2.37. The lowest BCUT2D eigenvalue weighted by atomic mass is 9.51. The largest absolute Gasteiger partial charge is 0.541 e. The average Bonchev–Trinajstić information content (AvgIpc) is 3.10. The van der Waals surface area contributed by atoms with Gasteiger partial charge in [-0.2, -0.15) is 0 Å². The first-order valence-corrected chi connectivity index (χ1v) is 19.3. The Morgan fingerprint density at radius 1 is 1.09 bits per heavy atom. The van der Waals surface area contributed by atoms with Gasteiger partial charge in [0.25, 0.3) is 8.32 Å². The summed E-state index contributed by atoms with van der Waals surface area (Å²) >= 11 is 0. The fourth-order valence-corrected chi connectivity index (χ4v) is 8.48. The van der Waals surface area contributed by atoms with Gasteiger partial charge in [-0.3, -0.25) is 0 Å². The van der Waals surface area contributed by atoms with Crippen molar-refractivity contribution < 1.29 is 17.7 Å². The van der Waals surface area contributed by atoms with E-state index in [1.807, 2.05) is 6.07 Å². The number of likely N-dealkylation sites (N-methyl/N-ethyl adjacent to an activating group) is 1. The van der Waals surface area contributed by atoms with E-state index in [0.717, 1.165) is 36.3 Å². The highest BCUT2D eigenvalue weighted by Gasteiger charge is 2.66. The maximum atomic E-state index is 9.46. The molecule has 1 aromatic carbocycles. The van der Waals surface area contributed by atoms with Crippen LogP contribution in [0.25, 0.3) is 0 Å². The van der Waals surface area contributed by atoms with E-state index in [1.54, 1.807) is 0 Å². The van der Waals surface area contributed by atoms with Gasteiger partial charge in [0.2, 0.25) is 0 Å². The Morgan fingerprint density at radius 2 is 1.74 bits per heavy atom. The number of nitrogens with zero attached hydrogens (tertiary/aromatic N) is 1. The Hall–Kier alpha value is -0.826. The van der Waals surface area contributed by atoms with Gasteiger partial charge >= 0.3 is 0 Å². The maximum absolute atomic E-state index is 9.46. The first-order chi connectivity index (χ1) is 17.2. The van der Waals surface area contributed by atoms with E-state index in [0.29, 0.717) is 11.8 Å². The number of piperidine rings is 1. The summed E-state index contributed by atoms with van der Waals surface area (Å²) < 4.78 is 48.9. The number of ether oxygens (including phenoxy) is 1. The quantitative estimate of drug-likeness (QED) is 0.394. The Labute approximate surface area is 220 Å². The van der Waals surface area contributed by atoms with E-state index in [2.05, 4.69) is 79.7 Å². The van der Waals surface area contributed by atoms with Crippen LogP contribution in [-0.2, 0) is 16.3 Å². The molecule has 2 fully saturated rings. The van der Waals surface area contributed by atoms with Crippen LogP contribution in [0, 0.1) is 5.92 Å². The highest BCUT2D eigenvalue weighted by Crippen LogP contribution is 2.64. The van der Waals surface area contributed by atoms with Crippen LogP contribution in [0.15, 0.2) is 12.1 Å². The molecule has 2 heterocycles. The molecule has 1 saturated carbocycles. The molecule has 2 aliphatic heterocycles. The minimum Gasteiger partial charge on any atom is -0.541 e. The summed E-state index contributed by atoms with van der Waals surface area (Å²) in [5.41, 5.74) is 1.75. The van der Waals surface area contributed by atoms with E-state index in [1.165, 1.54) is 0 Å². The molecule has 1 saturated heterocycles. The molecule has 1 spiro atoms. The Morgan fingerprint density at radius 3 is 2.37 bits per heavy atom. The topological polar surface area (TPSA) is 30.9 Å².